The van der Waals surface area contributed by atoms with Crippen LogP contribution >= 0.6 is 0 Å². The Kier molecular flexibility index (Phi) is 6.26. The van der Waals surface area contributed by atoms with Crippen LogP contribution in [0.15, 0.2) is 73.1 Å². The maximum absolute atomic E-state index is 13.0. The van der Waals surface area contributed by atoms with E-state index < -0.39 is 12.1 Å². The van der Waals surface area contributed by atoms with Crippen molar-refractivity contribution in [2.75, 3.05) is 6.61 Å². The Morgan fingerprint density at radius 1 is 1.00 bits per heavy atom. The van der Waals surface area contributed by atoms with Crippen LogP contribution in [0.25, 0.3) is 0 Å². The third-order valence-electron chi connectivity index (χ3n) is 5.61. The van der Waals surface area contributed by atoms with E-state index in [-0.39, 0.29) is 30.7 Å². The average Bonchev–Trinajstić information content (AvgIpc) is 2.80. The molecule has 3 aromatic rings. The molecule has 1 N–H and O–H groups in total. The monoisotopic (exact) mass is 425 g/mol. The molecule has 0 aliphatic carbocycles. The largest absolute Gasteiger partial charge is 0.394 e. The second kappa shape index (κ2) is 9.43. The van der Waals surface area contributed by atoms with E-state index in [0.29, 0.717) is 5.56 Å². The lowest BCUT2D eigenvalue weighted by molar-refractivity contribution is -0.146. The molecule has 158 valence electrons. The standard InChI is InChI=1S/C26H20FN3O2/c27-22-9-5-19(6-10-22)2-1-18-3-7-21(8-4-18)26-23(16-28)30(24(26)17-31)25(32)15-20-11-13-29-14-12-20/h3-14,23-24,26,31H,15,17H2/t23-,24-,26-/m0/s1. The average molecular weight is 425 g/mol. The minimum atomic E-state index is -0.641. The fourth-order valence-corrected chi connectivity index (χ4v) is 3.98. The SMILES string of the molecule is N#C[C@H]1[C@H](c2ccc(C#Cc3ccc(F)cc3)cc2)[C@H](CO)N1C(=O)Cc1ccncc1. The van der Waals surface area contributed by atoms with Gasteiger partial charge >= 0.3 is 0 Å². The van der Waals surface area contributed by atoms with Crippen LogP contribution in [0.4, 0.5) is 4.39 Å². The summed E-state index contributed by atoms with van der Waals surface area (Å²) in [4.78, 5) is 18.2. The second-order valence-electron chi connectivity index (χ2n) is 7.56. The fraction of sp³-hybridized carbons (Fsp3) is 0.192. The van der Waals surface area contributed by atoms with E-state index in [2.05, 4.69) is 22.9 Å². The number of halogens is 1. The number of hydrogen-bond acceptors (Lipinski definition) is 4. The van der Waals surface area contributed by atoms with Crippen molar-refractivity contribution in [2.45, 2.75) is 24.4 Å². The molecule has 0 unspecified atom stereocenters. The molecule has 1 fully saturated rings. The Hall–Kier alpha value is -4.00. The van der Waals surface area contributed by atoms with E-state index in [1.165, 1.54) is 17.0 Å². The first kappa shape index (κ1) is 21.2. The van der Waals surface area contributed by atoms with Gasteiger partial charge in [0.1, 0.15) is 11.9 Å². The molecule has 0 radical (unpaired) electrons. The molecule has 2 heterocycles. The number of rotatable bonds is 4. The molecule has 1 aliphatic heterocycles. The molecule has 0 spiro atoms. The lowest BCUT2D eigenvalue weighted by Gasteiger charge is -2.51. The van der Waals surface area contributed by atoms with E-state index in [0.717, 1.165) is 16.7 Å². The molecule has 0 saturated carbocycles. The van der Waals surface area contributed by atoms with Crippen LogP contribution in [0.1, 0.15) is 28.2 Å². The molecule has 1 aromatic heterocycles. The highest BCUT2D eigenvalue weighted by atomic mass is 19.1. The van der Waals surface area contributed by atoms with Gasteiger partial charge in [-0.25, -0.2) is 4.39 Å². The number of carbonyl (C=O) groups is 1. The summed E-state index contributed by atoms with van der Waals surface area (Å²) in [6.07, 6.45) is 3.39. The highest BCUT2D eigenvalue weighted by Gasteiger charge is 2.51. The topological polar surface area (TPSA) is 77.2 Å². The summed E-state index contributed by atoms with van der Waals surface area (Å²) in [6, 6.07) is 18.0. The second-order valence-corrected chi connectivity index (χ2v) is 7.56. The zero-order chi connectivity index (χ0) is 22.5. The molecular weight excluding hydrogens is 405 g/mol. The van der Waals surface area contributed by atoms with Crippen molar-refractivity contribution < 1.29 is 14.3 Å². The quantitative estimate of drug-likeness (QED) is 0.652. The van der Waals surface area contributed by atoms with Crippen molar-refractivity contribution in [3.63, 3.8) is 0 Å². The minimum absolute atomic E-state index is 0.155. The number of nitrogens with zero attached hydrogens (tertiary/aromatic N) is 3. The molecule has 2 aromatic carbocycles. The van der Waals surface area contributed by atoms with Crippen LogP contribution in [0.2, 0.25) is 0 Å². The molecule has 6 heteroatoms. The Bertz CT molecular complexity index is 1190. The fourth-order valence-electron chi connectivity index (χ4n) is 3.98. The van der Waals surface area contributed by atoms with Gasteiger partial charge in [-0.05, 0) is 59.7 Å². The van der Waals surface area contributed by atoms with Gasteiger partial charge in [0.05, 0.1) is 25.1 Å². The summed E-state index contributed by atoms with van der Waals surface area (Å²) in [6.45, 7) is -0.225. The highest BCUT2D eigenvalue weighted by molar-refractivity contribution is 5.81. The van der Waals surface area contributed by atoms with Gasteiger partial charge in [0, 0.05) is 29.4 Å². The summed E-state index contributed by atoms with van der Waals surface area (Å²) in [5.74, 6) is 5.24. The molecule has 5 nitrogen and oxygen atoms in total. The number of nitriles is 1. The first-order valence-corrected chi connectivity index (χ1v) is 10.2. The lowest BCUT2D eigenvalue weighted by Crippen LogP contribution is -2.65. The maximum Gasteiger partial charge on any atom is 0.228 e. The zero-order valence-electron chi connectivity index (χ0n) is 17.1. The highest BCUT2D eigenvalue weighted by Crippen LogP contribution is 2.40. The van der Waals surface area contributed by atoms with Crippen molar-refractivity contribution in [3.05, 3.63) is 101 Å². The van der Waals surface area contributed by atoms with Gasteiger partial charge in [-0.2, -0.15) is 5.26 Å². The van der Waals surface area contributed by atoms with Crippen molar-refractivity contribution in [2.24, 2.45) is 0 Å². The van der Waals surface area contributed by atoms with Gasteiger partial charge in [0.15, 0.2) is 0 Å². The van der Waals surface area contributed by atoms with Crippen molar-refractivity contribution in [1.82, 2.24) is 9.88 Å². The summed E-state index contributed by atoms with van der Waals surface area (Å²) in [5, 5.41) is 19.7. The normalized spacial score (nSPS) is 19.3. The summed E-state index contributed by atoms with van der Waals surface area (Å²) < 4.78 is 13.0. The van der Waals surface area contributed by atoms with Gasteiger partial charge < -0.3 is 10.0 Å². The number of aliphatic hydroxyl groups is 1. The summed E-state index contributed by atoms with van der Waals surface area (Å²) in [5.41, 5.74) is 3.17. The van der Waals surface area contributed by atoms with E-state index in [1.807, 2.05) is 24.3 Å². The smallest absolute Gasteiger partial charge is 0.228 e. The van der Waals surface area contributed by atoms with E-state index in [1.54, 1.807) is 36.7 Å². The maximum atomic E-state index is 13.0. The molecule has 4 rings (SSSR count). The number of amides is 1. The van der Waals surface area contributed by atoms with E-state index >= 15 is 0 Å². The molecule has 32 heavy (non-hydrogen) atoms. The minimum Gasteiger partial charge on any atom is -0.394 e. The first-order chi connectivity index (χ1) is 15.6. The molecule has 3 atom stereocenters. The van der Waals surface area contributed by atoms with Gasteiger partial charge in [-0.15, -0.1) is 0 Å². The Morgan fingerprint density at radius 2 is 1.59 bits per heavy atom. The summed E-state index contributed by atoms with van der Waals surface area (Å²) in [7, 11) is 0. The van der Waals surface area contributed by atoms with Crippen molar-refractivity contribution in [1.29, 1.82) is 5.26 Å². The van der Waals surface area contributed by atoms with Crippen LogP contribution in [0, 0.1) is 29.0 Å². The molecule has 1 amide bonds. The number of aliphatic hydroxyl groups excluding tert-OH is 1. The number of aromatic nitrogens is 1. The van der Waals surface area contributed by atoms with E-state index in [9.17, 15) is 19.6 Å². The number of hydrogen-bond donors (Lipinski definition) is 1. The summed E-state index contributed by atoms with van der Waals surface area (Å²) >= 11 is 0. The van der Waals surface area contributed by atoms with Crippen LogP contribution in [0.5, 0.6) is 0 Å². The number of likely N-dealkylation sites (tertiary alicyclic amines) is 1. The third-order valence-corrected chi connectivity index (χ3v) is 5.61. The van der Waals surface area contributed by atoms with Crippen LogP contribution in [0.3, 0.4) is 0 Å². The van der Waals surface area contributed by atoms with Crippen LogP contribution in [-0.2, 0) is 11.2 Å². The van der Waals surface area contributed by atoms with Gasteiger partial charge in [0.2, 0.25) is 5.91 Å². The Labute approximate surface area is 185 Å². The first-order valence-electron chi connectivity index (χ1n) is 10.2. The third kappa shape index (κ3) is 4.37. The zero-order valence-corrected chi connectivity index (χ0v) is 17.1. The van der Waals surface area contributed by atoms with Crippen molar-refractivity contribution >= 4 is 5.91 Å². The van der Waals surface area contributed by atoms with Gasteiger partial charge in [0.25, 0.3) is 0 Å². The Balaban J connectivity index is 1.49. The van der Waals surface area contributed by atoms with Crippen molar-refractivity contribution in [3.8, 4) is 17.9 Å². The lowest BCUT2D eigenvalue weighted by atomic mass is 9.75. The predicted octanol–water partition coefficient (Wildman–Crippen LogP) is 3.04. The molecule has 1 saturated heterocycles. The molecular formula is C26H20FN3O2. The molecule has 1 aliphatic rings. The van der Waals surface area contributed by atoms with Crippen LogP contribution < -0.4 is 0 Å². The number of benzene rings is 2. The number of carbonyl (C=O) groups excluding carboxylic acids is 1. The predicted molar refractivity (Wildman–Crippen MR) is 117 cm³/mol. The number of pyridine rings is 1. The van der Waals surface area contributed by atoms with E-state index in [4.69, 9.17) is 0 Å². The van der Waals surface area contributed by atoms with Gasteiger partial charge in [-0.3, -0.25) is 9.78 Å². The Morgan fingerprint density at radius 3 is 2.16 bits per heavy atom. The van der Waals surface area contributed by atoms with Crippen LogP contribution in [-0.4, -0.2) is 39.6 Å². The molecule has 0 bridgehead atoms. The van der Waals surface area contributed by atoms with Gasteiger partial charge in [-0.1, -0.05) is 24.0 Å².